The maximum absolute atomic E-state index is 12.6. The van der Waals surface area contributed by atoms with Gasteiger partial charge in [0.25, 0.3) is 0 Å². The molecule has 0 spiro atoms. The number of unbranched alkanes of at least 4 members (excludes halogenated alkanes) is 1. The fourth-order valence-electron chi connectivity index (χ4n) is 3.64. The first-order valence-corrected chi connectivity index (χ1v) is 11.6. The van der Waals surface area contributed by atoms with Crippen LogP contribution in [0.4, 0.5) is 16.2 Å². The summed E-state index contributed by atoms with van der Waals surface area (Å²) in [6.07, 6.45) is 2.93. The van der Waals surface area contributed by atoms with Gasteiger partial charge < -0.3 is 15.2 Å². The first-order valence-electron chi connectivity index (χ1n) is 10.9. The lowest BCUT2D eigenvalue weighted by Crippen LogP contribution is -2.20. The molecule has 170 valence electrons. The van der Waals surface area contributed by atoms with Gasteiger partial charge in [0.05, 0.1) is 28.6 Å². The van der Waals surface area contributed by atoms with Gasteiger partial charge in [-0.25, -0.2) is 14.8 Å². The average Bonchev–Trinajstić information content (AvgIpc) is 3.11. The van der Waals surface area contributed by atoms with Gasteiger partial charge in [-0.05, 0) is 43.2 Å². The lowest BCUT2D eigenvalue weighted by molar-refractivity contribution is 0.262. The van der Waals surface area contributed by atoms with E-state index in [0.29, 0.717) is 33.7 Å². The highest BCUT2D eigenvalue weighted by atomic mass is 35.5. The number of pyridine rings is 1. The predicted molar refractivity (Wildman–Crippen MR) is 136 cm³/mol. The number of aryl methyl sites for hydroxylation is 2. The van der Waals surface area contributed by atoms with Gasteiger partial charge in [0, 0.05) is 11.4 Å². The molecule has 4 rings (SSSR count). The summed E-state index contributed by atoms with van der Waals surface area (Å²) in [7, 11) is 0. The molecular weight excluding hydrogens is 457 g/mol. The molecule has 4 aromatic rings. The van der Waals surface area contributed by atoms with Crippen LogP contribution in [-0.2, 0) is 13.0 Å². The third-order valence-corrected chi connectivity index (χ3v) is 6.10. The number of fused-ring (bicyclic) bond motifs is 1. The Bertz CT molecular complexity index is 1300. The number of rotatable bonds is 7. The summed E-state index contributed by atoms with van der Waals surface area (Å²) in [5.74, 6) is 0.955. The summed E-state index contributed by atoms with van der Waals surface area (Å²) < 4.78 is 2.12. The smallest absolute Gasteiger partial charge is 0.308 e. The number of anilines is 2. The molecule has 0 aliphatic rings. The van der Waals surface area contributed by atoms with Gasteiger partial charge in [-0.15, -0.1) is 0 Å². The van der Waals surface area contributed by atoms with Crippen molar-refractivity contribution in [3.63, 3.8) is 0 Å². The fourth-order valence-corrected chi connectivity index (χ4v) is 4.02. The number of carbonyl (C=O) groups is 1. The van der Waals surface area contributed by atoms with Crippen molar-refractivity contribution in [2.24, 2.45) is 0 Å². The number of urea groups is 1. The summed E-state index contributed by atoms with van der Waals surface area (Å²) in [5.41, 5.74) is 4.34. The van der Waals surface area contributed by atoms with E-state index in [1.54, 1.807) is 12.1 Å². The topological polar surface area (TPSA) is 71.8 Å². The average molecular weight is 482 g/mol. The van der Waals surface area contributed by atoms with Gasteiger partial charge in [0.1, 0.15) is 11.3 Å². The van der Waals surface area contributed by atoms with E-state index in [0.717, 1.165) is 41.8 Å². The number of nitrogens with one attached hydrogen (secondary N) is 2. The Hall–Kier alpha value is -3.09. The second-order valence-electron chi connectivity index (χ2n) is 7.83. The van der Waals surface area contributed by atoms with Crippen molar-refractivity contribution in [3.8, 4) is 0 Å². The fraction of sp³-hybridized carbons (Fsp3) is 0.240. The summed E-state index contributed by atoms with van der Waals surface area (Å²) in [6, 6.07) is 16.4. The molecule has 0 aliphatic heterocycles. The Morgan fingerprint density at radius 2 is 1.67 bits per heavy atom. The molecule has 0 saturated heterocycles. The molecule has 0 atom stereocenters. The number of carbonyl (C=O) groups excluding carboxylic acids is 1. The van der Waals surface area contributed by atoms with Crippen LogP contribution >= 0.6 is 23.2 Å². The lowest BCUT2D eigenvalue weighted by atomic mass is 10.2. The van der Waals surface area contributed by atoms with Crippen molar-refractivity contribution in [3.05, 3.63) is 81.7 Å². The van der Waals surface area contributed by atoms with Crippen molar-refractivity contribution in [1.82, 2.24) is 14.5 Å². The molecule has 0 fully saturated rings. The van der Waals surface area contributed by atoms with Crippen LogP contribution in [0.5, 0.6) is 0 Å². The van der Waals surface area contributed by atoms with Crippen molar-refractivity contribution in [2.75, 3.05) is 10.6 Å². The molecule has 2 amide bonds. The van der Waals surface area contributed by atoms with E-state index >= 15 is 0 Å². The molecule has 2 heterocycles. The molecule has 0 unspecified atom stereocenters. The SMILES string of the molecule is CCCCc1nc2cc(NC(=O)Nc3ccccc3Cl)c(C)nc2n1Cc1ccccc1Cl. The van der Waals surface area contributed by atoms with Crippen molar-refractivity contribution in [2.45, 2.75) is 39.7 Å². The van der Waals surface area contributed by atoms with Crippen LogP contribution in [0.2, 0.25) is 10.0 Å². The Balaban J connectivity index is 1.65. The zero-order chi connectivity index (χ0) is 23.4. The monoisotopic (exact) mass is 481 g/mol. The number of imidazole rings is 1. The number of para-hydroxylation sites is 1. The summed E-state index contributed by atoms with van der Waals surface area (Å²) in [6.45, 7) is 4.60. The summed E-state index contributed by atoms with van der Waals surface area (Å²) in [5, 5.41) is 6.82. The maximum Gasteiger partial charge on any atom is 0.323 e. The number of nitrogens with zero attached hydrogens (tertiary/aromatic N) is 3. The number of halogens is 2. The Labute approximate surface area is 203 Å². The van der Waals surface area contributed by atoms with E-state index in [2.05, 4.69) is 22.1 Å². The molecule has 6 nitrogen and oxygen atoms in total. The van der Waals surface area contributed by atoms with E-state index in [1.807, 2.05) is 49.4 Å². The lowest BCUT2D eigenvalue weighted by Gasteiger charge is -2.12. The Morgan fingerprint density at radius 1 is 0.970 bits per heavy atom. The normalized spacial score (nSPS) is 11.0. The van der Waals surface area contributed by atoms with Crippen molar-refractivity contribution >= 4 is 51.8 Å². The number of benzene rings is 2. The van der Waals surface area contributed by atoms with Crippen LogP contribution in [0, 0.1) is 6.92 Å². The van der Waals surface area contributed by atoms with Gasteiger partial charge >= 0.3 is 6.03 Å². The Morgan fingerprint density at radius 3 is 2.39 bits per heavy atom. The zero-order valence-corrected chi connectivity index (χ0v) is 20.0. The highest BCUT2D eigenvalue weighted by Crippen LogP contribution is 2.26. The number of amides is 2. The van der Waals surface area contributed by atoms with Crippen LogP contribution in [0.1, 0.15) is 36.8 Å². The molecule has 0 radical (unpaired) electrons. The minimum Gasteiger partial charge on any atom is -0.308 e. The first kappa shape index (κ1) is 23.1. The van der Waals surface area contributed by atoms with E-state index in [9.17, 15) is 4.79 Å². The quantitative estimate of drug-likeness (QED) is 0.296. The van der Waals surface area contributed by atoms with Gasteiger partial charge in [-0.2, -0.15) is 0 Å². The molecule has 0 aliphatic carbocycles. The molecule has 2 aromatic carbocycles. The standard InChI is InChI=1S/C25H25Cl2N5O/c1-3-4-13-23-29-22-14-21(31-25(33)30-20-12-8-7-11-19(20)27)16(2)28-24(22)32(23)15-17-9-5-6-10-18(17)26/h5-12,14H,3-4,13,15H2,1-2H3,(H2,30,31,33). The van der Waals surface area contributed by atoms with Gasteiger partial charge in [0.2, 0.25) is 0 Å². The van der Waals surface area contributed by atoms with Crippen LogP contribution in [0.3, 0.4) is 0 Å². The van der Waals surface area contributed by atoms with Crippen LogP contribution in [0.25, 0.3) is 11.2 Å². The second-order valence-corrected chi connectivity index (χ2v) is 8.65. The largest absolute Gasteiger partial charge is 0.323 e. The van der Waals surface area contributed by atoms with E-state index in [-0.39, 0.29) is 0 Å². The predicted octanol–water partition coefficient (Wildman–Crippen LogP) is 7.08. The van der Waals surface area contributed by atoms with Crippen LogP contribution in [-0.4, -0.2) is 20.6 Å². The van der Waals surface area contributed by atoms with Crippen LogP contribution in [0.15, 0.2) is 54.6 Å². The summed E-state index contributed by atoms with van der Waals surface area (Å²) >= 11 is 12.6. The molecule has 0 bridgehead atoms. The van der Waals surface area contributed by atoms with Gasteiger partial charge in [0.15, 0.2) is 5.65 Å². The summed E-state index contributed by atoms with van der Waals surface area (Å²) in [4.78, 5) is 22.2. The van der Waals surface area contributed by atoms with E-state index in [4.69, 9.17) is 33.2 Å². The molecule has 8 heteroatoms. The third-order valence-electron chi connectivity index (χ3n) is 5.40. The second kappa shape index (κ2) is 10.2. The third kappa shape index (κ3) is 5.29. The number of hydrogen-bond donors (Lipinski definition) is 2. The van der Waals surface area contributed by atoms with E-state index < -0.39 is 6.03 Å². The minimum absolute atomic E-state index is 0.394. The molecule has 2 N–H and O–H groups in total. The maximum atomic E-state index is 12.6. The van der Waals surface area contributed by atoms with Gasteiger partial charge in [-0.1, -0.05) is 66.9 Å². The molecular formula is C25H25Cl2N5O. The number of hydrogen-bond acceptors (Lipinski definition) is 3. The number of aromatic nitrogens is 3. The highest BCUT2D eigenvalue weighted by molar-refractivity contribution is 6.33. The Kier molecular flexibility index (Phi) is 7.16. The highest BCUT2D eigenvalue weighted by Gasteiger charge is 2.17. The van der Waals surface area contributed by atoms with Gasteiger partial charge in [-0.3, -0.25) is 0 Å². The first-order chi connectivity index (χ1) is 16.0. The van der Waals surface area contributed by atoms with Crippen LogP contribution < -0.4 is 10.6 Å². The van der Waals surface area contributed by atoms with Crippen molar-refractivity contribution < 1.29 is 4.79 Å². The molecule has 2 aromatic heterocycles. The van der Waals surface area contributed by atoms with Crippen molar-refractivity contribution in [1.29, 1.82) is 0 Å². The minimum atomic E-state index is -0.394. The van der Waals surface area contributed by atoms with E-state index in [1.165, 1.54) is 0 Å². The molecule has 0 saturated carbocycles. The molecule has 33 heavy (non-hydrogen) atoms. The zero-order valence-electron chi connectivity index (χ0n) is 18.5.